The molecule has 0 unspecified atom stereocenters. The number of nitrogens with two attached hydrogens (primary N) is 2. The average molecular weight is 274 g/mol. The Bertz CT molecular complexity index is 350. The maximum Gasteiger partial charge on any atom is 0.237 e. The molecule has 1 amide bonds. The Morgan fingerprint density at radius 2 is 2.27 bits per heavy atom. The van der Waals surface area contributed by atoms with Crippen molar-refractivity contribution >= 4 is 33.6 Å². The zero-order chi connectivity index (χ0) is 11.4. The average Bonchev–Trinajstić information content (AvgIpc) is 2.12. The van der Waals surface area contributed by atoms with Gasteiger partial charge in [0.25, 0.3) is 0 Å². The van der Waals surface area contributed by atoms with Gasteiger partial charge in [0, 0.05) is 12.6 Å². The van der Waals surface area contributed by atoms with Crippen molar-refractivity contribution < 1.29 is 4.79 Å². The molecule has 0 saturated carbocycles. The van der Waals surface area contributed by atoms with Crippen LogP contribution in [0.2, 0.25) is 0 Å². The smallest absolute Gasteiger partial charge is 0.237 e. The Hall–Kier alpha value is -1.37. The number of hydrogen-bond donors (Lipinski definition) is 2. The molecule has 6 nitrogen and oxygen atoms in total. The van der Waals surface area contributed by atoms with Crippen molar-refractivity contribution in [3.63, 3.8) is 0 Å². The van der Waals surface area contributed by atoms with E-state index in [0.717, 1.165) is 0 Å². The minimum Gasteiger partial charge on any atom is -0.383 e. The summed E-state index contributed by atoms with van der Waals surface area (Å²) in [6.45, 7) is 2.54. The third-order valence-corrected chi connectivity index (χ3v) is 2.12. The lowest BCUT2D eigenvalue weighted by molar-refractivity contribution is -0.116. The van der Waals surface area contributed by atoms with Crippen molar-refractivity contribution in [1.82, 2.24) is 9.97 Å². The van der Waals surface area contributed by atoms with Gasteiger partial charge in [0.05, 0.1) is 6.54 Å². The molecule has 15 heavy (non-hydrogen) atoms. The molecule has 0 saturated heterocycles. The van der Waals surface area contributed by atoms with Crippen LogP contribution in [0.15, 0.2) is 10.7 Å². The number of rotatable bonds is 4. The number of likely N-dealkylation sites (N-methyl/N-ethyl adjacent to an activating group) is 1. The van der Waals surface area contributed by atoms with E-state index < -0.39 is 5.91 Å². The van der Waals surface area contributed by atoms with Crippen molar-refractivity contribution in [3.8, 4) is 0 Å². The molecule has 1 rings (SSSR count). The van der Waals surface area contributed by atoms with Gasteiger partial charge in [-0.3, -0.25) is 4.79 Å². The maximum atomic E-state index is 10.8. The zero-order valence-corrected chi connectivity index (χ0v) is 9.86. The molecule has 0 radical (unpaired) electrons. The van der Waals surface area contributed by atoms with E-state index in [1.165, 1.54) is 0 Å². The third-order valence-electron chi connectivity index (χ3n) is 1.71. The molecule has 1 aromatic rings. The van der Waals surface area contributed by atoms with E-state index in [9.17, 15) is 4.79 Å². The van der Waals surface area contributed by atoms with Gasteiger partial charge in [-0.1, -0.05) is 0 Å². The highest BCUT2D eigenvalue weighted by atomic mass is 79.9. The number of carbonyl (C=O) groups excluding carboxylic acids is 1. The second-order valence-electron chi connectivity index (χ2n) is 2.90. The van der Waals surface area contributed by atoms with Crippen LogP contribution in [0.25, 0.3) is 0 Å². The van der Waals surface area contributed by atoms with Gasteiger partial charge >= 0.3 is 0 Å². The van der Waals surface area contributed by atoms with Crippen LogP contribution in [-0.2, 0) is 4.79 Å². The summed E-state index contributed by atoms with van der Waals surface area (Å²) >= 11 is 3.20. The Morgan fingerprint density at radius 1 is 1.60 bits per heavy atom. The molecule has 0 aliphatic heterocycles. The van der Waals surface area contributed by atoms with Gasteiger partial charge < -0.3 is 16.4 Å². The number of hydrogen-bond acceptors (Lipinski definition) is 5. The van der Waals surface area contributed by atoms with E-state index in [0.29, 0.717) is 22.9 Å². The van der Waals surface area contributed by atoms with Gasteiger partial charge in [-0.2, -0.15) is 4.98 Å². The number of nitrogen functional groups attached to an aromatic ring is 1. The summed E-state index contributed by atoms with van der Waals surface area (Å²) in [5.41, 5.74) is 10.7. The van der Waals surface area contributed by atoms with E-state index in [1.54, 1.807) is 11.0 Å². The lowest BCUT2D eigenvalue weighted by atomic mass is 10.5. The first-order valence-electron chi connectivity index (χ1n) is 4.36. The normalized spacial score (nSPS) is 10.0. The molecular formula is C8H12BrN5O. The van der Waals surface area contributed by atoms with E-state index in [1.807, 2.05) is 6.92 Å². The molecule has 7 heteroatoms. The van der Waals surface area contributed by atoms with E-state index >= 15 is 0 Å². The van der Waals surface area contributed by atoms with Crippen molar-refractivity contribution in [2.75, 3.05) is 23.7 Å². The van der Waals surface area contributed by atoms with E-state index in [-0.39, 0.29) is 6.54 Å². The number of anilines is 2. The fourth-order valence-corrected chi connectivity index (χ4v) is 1.47. The zero-order valence-electron chi connectivity index (χ0n) is 8.27. The largest absolute Gasteiger partial charge is 0.383 e. The summed E-state index contributed by atoms with van der Waals surface area (Å²) in [5.74, 6) is 0.303. The predicted octanol–water partition coefficient (Wildman–Crippen LogP) is 0.133. The summed E-state index contributed by atoms with van der Waals surface area (Å²) in [6.07, 6.45) is 0. The van der Waals surface area contributed by atoms with Crippen LogP contribution in [0, 0.1) is 0 Å². The molecule has 0 atom stereocenters. The third kappa shape index (κ3) is 3.35. The molecule has 4 N–H and O–H groups in total. The Kier molecular flexibility index (Phi) is 3.84. The van der Waals surface area contributed by atoms with Crippen LogP contribution < -0.4 is 16.4 Å². The molecule has 1 heterocycles. The highest BCUT2D eigenvalue weighted by molar-refractivity contribution is 9.10. The quantitative estimate of drug-likeness (QED) is 0.760. The van der Waals surface area contributed by atoms with Gasteiger partial charge in [-0.15, -0.1) is 0 Å². The lowest BCUT2D eigenvalue weighted by Gasteiger charge is -2.18. The number of amides is 1. The first kappa shape index (κ1) is 11.7. The second-order valence-corrected chi connectivity index (χ2v) is 3.71. The maximum absolute atomic E-state index is 10.8. The minimum absolute atomic E-state index is 0.0758. The number of nitrogens with zero attached hydrogens (tertiary/aromatic N) is 3. The number of aromatic nitrogens is 2. The van der Waals surface area contributed by atoms with Gasteiger partial charge in [0.1, 0.15) is 10.4 Å². The van der Waals surface area contributed by atoms with Gasteiger partial charge in [-0.25, -0.2) is 4.98 Å². The first-order chi connectivity index (χ1) is 7.02. The fourth-order valence-electron chi connectivity index (χ4n) is 1.08. The topological polar surface area (TPSA) is 98.1 Å². The van der Waals surface area contributed by atoms with Crippen LogP contribution in [0.4, 0.5) is 11.8 Å². The molecule has 0 fully saturated rings. The van der Waals surface area contributed by atoms with E-state index in [4.69, 9.17) is 11.5 Å². The van der Waals surface area contributed by atoms with Crippen LogP contribution in [-0.4, -0.2) is 29.0 Å². The molecule has 0 spiro atoms. The van der Waals surface area contributed by atoms with Crippen molar-refractivity contribution in [2.45, 2.75) is 6.92 Å². The fraction of sp³-hybridized carbons (Fsp3) is 0.375. The lowest BCUT2D eigenvalue weighted by Crippen LogP contribution is -2.34. The van der Waals surface area contributed by atoms with Crippen LogP contribution >= 0.6 is 15.9 Å². The molecule has 1 aromatic heterocycles. The van der Waals surface area contributed by atoms with Gasteiger partial charge in [0.2, 0.25) is 11.9 Å². The SMILES string of the molecule is CCN(CC(N)=O)c1nc(N)cc(Br)n1. The monoisotopic (exact) mass is 273 g/mol. The second kappa shape index (κ2) is 4.92. The Labute approximate surface area is 95.8 Å². The van der Waals surface area contributed by atoms with E-state index in [2.05, 4.69) is 25.9 Å². The molecular weight excluding hydrogens is 262 g/mol. The Balaban J connectivity index is 2.95. The molecule has 82 valence electrons. The summed E-state index contributed by atoms with van der Waals surface area (Å²) in [6, 6.07) is 1.58. The molecule has 0 aliphatic carbocycles. The highest BCUT2D eigenvalue weighted by Crippen LogP contribution is 2.15. The van der Waals surface area contributed by atoms with Crippen LogP contribution in [0.1, 0.15) is 6.92 Å². The summed E-state index contributed by atoms with van der Waals surface area (Å²) < 4.78 is 0.577. The molecule has 0 bridgehead atoms. The summed E-state index contributed by atoms with van der Waals surface area (Å²) in [7, 11) is 0. The van der Waals surface area contributed by atoms with Crippen LogP contribution in [0.5, 0.6) is 0 Å². The number of carbonyl (C=O) groups is 1. The number of primary amides is 1. The Morgan fingerprint density at radius 3 is 2.73 bits per heavy atom. The van der Waals surface area contributed by atoms with Crippen molar-refractivity contribution in [1.29, 1.82) is 0 Å². The first-order valence-corrected chi connectivity index (χ1v) is 5.15. The van der Waals surface area contributed by atoms with Crippen molar-refractivity contribution in [2.24, 2.45) is 5.73 Å². The standard InChI is InChI=1S/C8H12BrN5O/c1-2-14(4-7(11)15)8-12-5(9)3-6(10)13-8/h3H,2,4H2,1H3,(H2,11,15)(H2,10,12,13). The predicted molar refractivity (Wildman–Crippen MR) is 61.2 cm³/mol. The molecule has 0 aromatic carbocycles. The highest BCUT2D eigenvalue weighted by Gasteiger charge is 2.11. The van der Waals surface area contributed by atoms with Crippen LogP contribution in [0.3, 0.4) is 0 Å². The number of halogens is 1. The summed E-state index contributed by atoms with van der Waals surface area (Å²) in [5, 5.41) is 0. The minimum atomic E-state index is -0.431. The summed E-state index contributed by atoms with van der Waals surface area (Å²) in [4.78, 5) is 20.6. The molecule has 0 aliphatic rings. The van der Waals surface area contributed by atoms with Gasteiger partial charge in [0.15, 0.2) is 0 Å². The van der Waals surface area contributed by atoms with Gasteiger partial charge in [-0.05, 0) is 22.9 Å². The van der Waals surface area contributed by atoms with Crippen molar-refractivity contribution in [3.05, 3.63) is 10.7 Å².